The van der Waals surface area contributed by atoms with E-state index in [0.29, 0.717) is 11.3 Å². The fourth-order valence-corrected chi connectivity index (χ4v) is 2.84. The molecule has 23 heavy (non-hydrogen) atoms. The molecular weight excluding hydrogens is 352 g/mol. The van der Waals surface area contributed by atoms with Crippen LogP contribution in [-0.2, 0) is 0 Å². The van der Waals surface area contributed by atoms with E-state index in [9.17, 15) is 4.79 Å². The average Bonchev–Trinajstić information content (AvgIpc) is 2.55. The van der Waals surface area contributed by atoms with Gasteiger partial charge in [0.15, 0.2) is 0 Å². The Morgan fingerprint density at radius 3 is 2.39 bits per heavy atom. The third-order valence-electron chi connectivity index (χ3n) is 3.49. The van der Waals surface area contributed by atoms with E-state index in [1.165, 1.54) is 0 Å². The number of nitrogens with two attached hydrogens (primary N) is 1. The lowest BCUT2D eigenvalue weighted by atomic mass is 9.97. The van der Waals surface area contributed by atoms with Crippen LogP contribution in [0.1, 0.15) is 10.4 Å². The molecular formula is C19H15BrN2O. The zero-order chi connectivity index (χ0) is 16.2. The summed E-state index contributed by atoms with van der Waals surface area (Å²) in [6.07, 6.45) is 0. The number of halogens is 1. The van der Waals surface area contributed by atoms with Crippen molar-refractivity contribution < 1.29 is 4.79 Å². The quantitative estimate of drug-likeness (QED) is 0.644. The monoisotopic (exact) mass is 366 g/mol. The second kappa shape index (κ2) is 6.67. The molecule has 0 saturated heterocycles. The lowest BCUT2D eigenvalue weighted by Gasteiger charge is -2.13. The minimum atomic E-state index is -0.182. The van der Waals surface area contributed by atoms with Gasteiger partial charge in [0.2, 0.25) is 0 Å². The number of benzene rings is 3. The zero-order valence-electron chi connectivity index (χ0n) is 12.3. The van der Waals surface area contributed by atoms with E-state index in [1.807, 2.05) is 54.6 Å². The van der Waals surface area contributed by atoms with Crippen molar-refractivity contribution in [2.45, 2.75) is 0 Å². The van der Waals surface area contributed by atoms with Crippen LogP contribution in [0.3, 0.4) is 0 Å². The molecule has 0 heterocycles. The van der Waals surface area contributed by atoms with E-state index in [4.69, 9.17) is 5.73 Å². The van der Waals surface area contributed by atoms with Gasteiger partial charge in [-0.2, -0.15) is 0 Å². The van der Waals surface area contributed by atoms with Crippen molar-refractivity contribution in [3.05, 3.63) is 82.8 Å². The molecule has 0 bridgehead atoms. The maximum atomic E-state index is 12.7. The number of nitrogens with one attached hydrogen (secondary N) is 1. The van der Waals surface area contributed by atoms with Gasteiger partial charge in [0.1, 0.15) is 0 Å². The molecule has 1 amide bonds. The van der Waals surface area contributed by atoms with Gasteiger partial charge in [0, 0.05) is 27.0 Å². The van der Waals surface area contributed by atoms with Gasteiger partial charge in [0.05, 0.1) is 0 Å². The van der Waals surface area contributed by atoms with Crippen LogP contribution in [0, 0.1) is 0 Å². The Morgan fingerprint density at radius 2 is 1.65 bits per heavy atom. The molecule has 3 rings (SSSR count). The SMILES string of the molecule is Nc1cccc(C(=O)Nc2ccccc2)c1-c1cccc(Br)c1. The van der Waals surface area contributed by atoms with Crippen LogP contribution in [-0.4, -0.2) is 5.91 Å². The second-order valence-electron chi connectivity index (χ2n) is 5.10. The fraction of sp³-hybridized carbons (Fsp3) is 0. The predicted octanol–water partition coefficient (Wildman–Crippen LogP) is 4.95. The smallest absolute Gasteiger partial charge is 0.256 e. The van der Waals surface area contributed by atoms with Crippen LogP contribution in [0.25, 0.3) is 11.1 Å². The Bertz CT molecular complexity index is 847. The number of amides is 1. The van der Waals surface area contributed by atoms with Gasteiger partial charge < -0.3 is 11.1 Å². The first-order valence-electron chi connectivity index (χ1n) is 7.16. The van der Waals surface area contributed by atoms with Crippen molar-refractivity contribution in [2.24, 2.45) is 0 Å². The van der Waals surface area contributed by atoms with Crippen LogP contribution >= 0.6 is 15.9 Å². The minimum absolute atomic E-state index is 0.182. The summed E-state index contributed by atoms with van der Waals surface area (Å²) in [5.41, 5.74) is 9.65. The largest absolute Gasteiger partial charge is 0.398 e. The number of rotatable bonds is 3. The van der Waals surface area contributed by atoms with Gasteiger partial charge in [-0.15, -0.1) is 0 Å². The molecule has 0 aliphatic carbocycles. The molecule has 0 spiro atoms. The molecule has 0 atom stereocenters. The van der Waals surface area contributed by atoms with Crippen molar-refractivity contribution in [1.29, 1.82) is 0 Å². The van der Waals surface area contributed by atoms with Gasteiger partial charge in [-0.25, -0.2) is 0 Å². The standard InChI is InChI=1S/C19H15BrN2O/c20-14-7-4-6-13(12-14)18-16(10-5-11-17(18)21)19(23)22-15-8-2-1-3-9-15/h1-12H,21H2,(H,22,23). The number of hydrogen-bond acceptors (Lipinski definition) is 2. The number of para-hydroxylation sites is 1. The first-order chi connectivity index (χ1) is 11.1. The minimum Gasteiger partial charge on any atom is -0.398 e. The van der Waals surface area contributed by atoms with Gasteiger partial charge in [0.25, 0.3) is 5.91 Å². The third-order valence-corrected chi connectivity index (χ3v) is 3.98. The average molecular weight is 367 g/mol. The zero-order valence-corrected chi connectivity index (χ0v) is 13.9. The van der Waals surface area contributed by atoms with E-state index in [0.717, 1.165) is 21.3 Å². The lowest BCUT2D eigenvalue weighted by molar-refractivity contribution is 0.102. The fourth-order valence-electron chi connectivity index (χ4n) is 2.45. The van der Waals surface area contributed by atoms with E-state index >= 15 is 0 Å². The van der Waals surface area contributed by atoms with E-state index < -0.39 is 0 Å². The predicted molar refractivity (Wildman–Crippen MR) is 98.4 cm³/mol. The molecule has 3 aromatic carbocycles. The van der Waals surface area contributed by atoms with Crippen molar-refractivity contribution >= 4 is 33.2 Å². The van der Waals surface area contributed by atoms with Gasteiger partial charge >= 0.3 is 0 Å². The maximum absolute atomic E-state index is 12.7. The second-order valence-corrected chi connectivity index (χ2v) is 6.02. The summed E-state index contributed by atoms with van der Waals surface area (Å²) in [6.45, 7) is 0. The van der Waals surface area contributed by atoms with Gasteiger partial charge in [-0.3, -0.25) is 4.79 Å². The Balaban J connectivity index is 2.03. The van der Waals surface area contributed by atoms with E-state index in [1.54, 1.807) is 18.2 Å². The highest BCUT2D eigenvalue weighted by atomic mass is 79.9. The van der Waals surface area contributed by atoms with E-state index in [2.05, 4.69) is 21.2 Å². The number of nitrogen functional groups attached to an aromatic ring is 1. The number of hydrogen-bond donors (Lipinski definition) is 2. The van der Waals surface area contributed by atoms with Crippen molar-refractivity contribution in [3.8, 4) is 11.1 Å². The van der Waals surface area contributed by atoms with E-state index in [-0.39, 0.29) is 5.91 Å². The topological polar surface area (TPSA) is 55.1 Å². The van der Waals surface area contributed by atoms with Crippen LogP contribution in [0.5, 0.6) is 0 Å². The molecule has 3 N–H and O–H groups in total. The number of anilines is 2. The molecule has 0 aliphatic heterocycles. The summed E-state index contributed by atoms with van der Waals surface area (Å²) in [6, 6.07) is 22.5. The first-order valence-corrected chi connectivity index (χ1v) is 7.95. The Kier molecular flexibility index (Phi) is 4.44. The van der Waals surface area contributed by atoms with Gasteiger partial charge in [-0.05, 0) is 42.0 Å². The normalized spacial score (nSPS) is 10.3. The summed E-state index contributed by atoms with van der Waals surface area (Å²) < 4.78 is 0.938. The molecule has 0 radical (unpaired) electrons. The summed E-state index contributed by atoms with van der Waals surface area (Å²) in [4.78, 5) is 12.7. The summed E-state index contributed by atoms with van der Waals surface area (Å²) in [5, 5.41) is 2.90. The third kappa shape index (κ3) is 3.43. The molecule has 0 unspecified atom stereocenters. The molecule has 4 heteroatoms. The highest BCUT2D eigenvalue weighted by molar-refractivity contribution is 9.10. The Morgan fingerprint density at radius 1 is 0.913 bits per heavy atom. The number of carbonyl (C=O) groups is 1. The molecule has 3 nitrogen and oxygen atoms in total. The highest BCUT2D eigenvalue weighted by Gasteiger charge is 2.15. The molecule has 114 valence electrons. The summed E-state index contributed by atoms with van der Waals surface area (Å²) in [7, 11) is 0. The van der Waals surface area contributed by atoms with Crippen molar-refractivity contribution in [1.82, 2.24) is 0 Å². The van der Waals surface area contributed by atoms with Crippen LogP contribution in [0.2, 0.25) is 0 Å². The lowest BCUT2D eigenvalue weighted by Crippen LogP contribution is -2.14. The highest BCUT2D eigenvalue weighted by Crippen LogP contribution is 2.32. The van der Waals surface area contributed by atoms with Crippen LogP contribution < -0.4 is 11.1 Å². The number of carbonyl (C=O) groups excluding carboxylic acids is 1. The van der Waals surface area contributed by atoms with Crippen molar-refractivity contribution in [3.63, 3.8) is 0 Å². The molecule has 0 aliphatic rings. The maximum Gasteiger partial charge on any atom is 0.256 e. The molecule has 0 aromatic heterocycles. The molecule has 0 saturated carbocycles. The van der Waals surface area contributed by atoms with Crippen molar-refractivity contribution in [2.75, 3.05) is 11.1 Å². The first kappa shape index (κ1) is 15.3. The van der Waals surface area contributed by atoms with Gasteiger partial charge in [-0.1, -0.05) is 52.3 Å². The Labute approximate surface area is 143 Å². The molecule has 0 fully saturated rings. The van der Waals surface area contributed by atoms with Crippen LogP contribution in [0.15, 0.2) is 77.3 Å². The summed E-state index contributed by atoms with van der Waals surface area (Å²) in [5.74, 6) is -0.182. The Hall–Kier alpha value is -2.59. The van der Waals surface area contributed by atoms with Crippen LogP contribution in [0.4, 0.5) is 11.4 Å². The molecule has 3 aromatic rings. The summed E-state index contributed by atoms with van der Waals surface area (Å²) >= 11 is 3.46.